The van der Waals surface area contributed by atoms with Gasteiger partial charge in [0.05, 0.1) is 29.7 Å². The normalized spacial score (nSPS) is 17.2. The average molecular weight is 949 g/mol. The number of para-hydroxylation sites is 1. The standard InChI is InChI=1S/C50H47ClF2N6O7S/c1-5-62-50(60)41-25-31-24-33(14-16-38(31)65-46(53)37-18-19-54-47(57-37)36-8-6-7-9-39(36)61-4)63-27-34(26-59-22-20-58(3)21-23-59)64-40-17-15-35(29(2)44(40)51)42-43-48(66-41)55-28-56-49(43)67-45(42)30-10-12-32(52)13-11-30/h6-19,24,28,34,41,46H,5,20-23,25-27H2,1-4H3/t34-,41-,46?/m1/s1. The number of benzene rings is 4. The number of aromatic nitrogens is 4. The Morgan fingerprint density at radius 3 is 2.55 bits per heavy atom. The number of nitrogens with zero attached hydrogens (tertiary/aromatic N) is 6. The lowest BCUT2D eigenvalue weighted by Gasteiger charge is -2.34. The summed E-state index contributed by atoms with van der Waals surface area (Å²) in [6.07, 6.45) is -1.24. The summed E-state index contributed by atoms with van der Waals surface area (Å²) in [5.41, 5.74) is 3.72. The lowest BCUT2D eigenvalue weighted by molar-refractivity contribution is -0.151. The second-order valence-corrected chi connectivity index (χ2v) is 17.5. The number of halogens is 3. The van der Waals surface area contributed by atoms with Crippen molar-refractivity contribution < 1.29 is 42.0 Å². The van der Waals surface area contributed by atoms with E-state index in [9.17, 15) is 9.18 Å². The van der Waals surface area contributed by atoms with Gasteiger partial charge in [0.15, 0.2) is 5.82 Å². The molecule has 3 atom stereocenters. The van der Waals surface area contributed by atoms with Gasteiger partial charge in [0.1, 0.15) is 58.4 Å². The minimum absolute atomic E-state index is 0.0408. The van der Waals surface area contributed by atoms with Crippen molar-refractivity contribution in [3.63, 3.8) is 0 Å². The maximum atomic E-state index is 16.5. The molecule has 3 aliphatic heterocycles. The number of ether oxygens (including phenoxy) is 6. The van der Waals surface area contributed by atoms with E-state index in [0.717, 1.165) is 42.2 Å². The van der Waals surface area contributed by atoms with Crippen LogP contribution in [0.25, 0.3) is 43.2 Å². The molecule has 1 unspecified atom stereocenters. The molecule has 0 spiro atoms. The van der Waals surface area contributed by atoms with Crippen LogP contribution in [0.15, 0.2) is 97.5 Å². The quantitative estimate of drug-likeness (QED) is 0.121. The molecule has 4 bridgehead atoms. The molecule has 0 amide bonds. The van der Waals surface area contributed by atoms with Crippen LogP contribution >= 0.6 is 22.9 Å². The number of hydrogen-bond donors (Lipinski definition) is 0. The minimum atomic E-state index is -2.07. The molecule has 1 fully saturated rings. The molecule has 67 heavy (non-hydrogen) atoms. The van der Waals surface area contributed by atoms with Crippen LogP contribution in [0, 0.1) is 12.7 Å². The third kappa shape index (κ3) is 9.98. The molecular formula is C50H47ClF2N6O7S. The second-order valence-electron chi connectivity index (χ2n) is 16.1. The van der Waals surface area contributed by atoms with Crippen LogP contribution < -0.4 is 23.7 Å². The van der Waals surface area contributed by atoms with Gasteiger partial charge in [-0.05, 0) is 92.2 Å². The Labute approximate surface area is 395 Å². The van der Waals surface area contributed by atoms with Crippen molar-refractivity contribution in [2.75, 3.05) is 60.1 Å². The van der Waals surface area contributed by atoms with Gasteiger partial charge in [0, 0.05) is 61.3 Å². The van der Waals surface area contributed by atoms with Crippen LogP contribution in [0.4, 0.5) is 8.78 Å². The maximum Gasteiger partial charge on any atom is 0.347 e. The first-order chi connectivity index (χ1) is 32.6. The van der Waals surface area contributed by atoms with Crippen LogP contribution in [-0.2, 0) is 16.0 Å². The molecule has 4 aromatic carbocycles. The first kappa shape index (κ1) is 45.7. The van der Waals surface area contributed by atoms with E-state index in [1.54, 1.807) is 49.4 Å². The highest BCUT2D eigenvalue weighted by Crippen LogP contribution is 2.50. The Kier molecular flexibility index (Phi) is 13.8. The molecule has 7 aromatic rings. The van der Waals surface area contributed by atoms with Crippen molar-refractivity contribution in [3.8, 4) is 61.8 Å². The number of hydrogen-bond acceptors (Lipinski definition) is 14. The number of carbonyl (C=O) groups is 1. The number of rotatable bonds is 10. The summed E-state index contributed by atoms with van der Waals surface area (Å²) in [4.78, 5) is 38.1. The second kappa shape index (κ2) is 20.2. The smallest absolute Gasteiger partial charge is 0.347 e. The maximum absolute atomic E-state index is 16.5. The number of methoxy groups -OCH3 is 1. The van der Waals surface area contributed by atoms with E-state index in [1.807, 2.05) is 31.2 Å². The highest BCUT2D eigenvalue weighted by Gasteiger charge is 2.31. The van der Waals surface area contributed by atoms with Crippen molar-refractivity contribution in [1.29, 1.82) is 0 Å². The molecule has 6 heterocycles. The van der Waals surface area contributed by atoms with Crippen molar-refractivity contribution in [3.05, 3.63) is 125 Å². The van der Waals surface area contributed by atoms with Crippen LogP contribution in [0.5, 0.6) is 28.9 Å². The summed E-state index contributed by atoms with van der Waals surface area (Å²) in [5, 5.41) is 0.889. The number of esters is 1. The number of alkyl halides is 1. The first-order valence-corrected chi connectivity index (χ1v) is 23.0. The van der Waals surface area contributed by atoms with Crippen LogP contribution in [0.2, 0.25) is 5.02 Å². The van der Waals surface area contributed by atoms with E-state index in [-0.39, 0.29) is 48.6 Å². The average Bonchev–Trinajstić information content (AvgIpc) is 3.73. The van der Waals surface area contributed by atoms with Gasteiger partial charge in [-0.25, -0.2) is 29.1 Å². The van der Waals surface area contributed by atoms with Crippen molar-refractivity contribution >= 4 is 39.1 Å². The summed E-state index contributed by atoms with van der Waals surface area (Å²) in [5.74, 6) is 0.735. The van der Waals surface area contributed by atoms with Gasteiger partial charge in [-0.3, -0.25) is 4.90 Å². The Balaban J connectivity index is 1.16. The summed E-state index contributed by atoms with van der Waals surface area (Å²) in [6.45, 7) is 7.79. The fraction of sp³-hybridized carbons (Fsp3) is 0.300. The molecule has 17 heteroatoms. The van der Waals surface area contributed by atoms with Crippen LogP contribution in [0.1, 0.15) is 30.1 Å². The Morgan fingerprint density at radius 1 is 0.955 bits per heavy atom. The van der Waals surface area contributed by atoms with Gasteiger partial charge in [0.2, 0.25) is 12.0 Å². The van der Waals surface area contributed by atoms with E-state index in [4.69, 9.17) is 40.0 Å². The van der Waals surface area contributed by atoms with E-state index in [2.05, 4.69) is 36.8 Å². The number of piperazine rings is 1. The molecular weight excluding hydrogens is 902 g/mol. The van der Waals surface area contributed by atoms with Crippen LogP contribution in [0.3, 0.4) is 0 Å². The van der Waals surface area contributed by atoms with Gasteiger partial charge in [-0.2, -0.15) is 4.39 Å². The van der Waals surface area contributed by atoms with Crippen molar-refractivity contribution in [2.24, 2.45) is 0 Å². The molecule has 13 nitrogen and oxygen atoms in total. The largest absolute Gasteiger partial charge is 0.496 e. The Bertz CT molecular complexity index is 2900. The molecule has 346 valence electrons. The molecule has 1 saturated heterocycles. The lowest BCUT2D eigenvalue weighted by Crippen LogP contribution is -2.49. The molecule has 0 saturated carbocycles. The van der Waals surface area contributed by atoms with E-state index in [1.165, 1.54) is 49.2 Å². The first-order valence-electron chi connectivity index (χ1n) is 21.8. The monoisotopic (exact) mass is 948 g/mol. The Morgan fingerprint density at radius 2 is 1.76 bits per heavy atom. The Hall–Kier alpha value is -6.46. The zero-order valence-corrected chi connectivity index (χ0v) is 38.8. The molecule has 10 rings (SSSR count). The number of likely N-dealkylation sites (N-methyl/N-ethyl adjacent to an activating group) is 1. The predicted octanol–water partition coefficient (Wildman–Crippen LogP) is 9.58. The van der Waals surface area contributed by atoms with E-state index < -0.39 is 24.5 Å². The van der Waals surface area contributed by atoms with Crippen LogP contribution in [-0.4, -0.2) is 108 Å². The summed E-state index contributed by atoms with van der Waals surface area (Å²) < 4.78 is 67.9. The number of thiophene rings is 1. The van der Waals surface area contributed by atoms with E-state index >= 15 is 4.39 Å². The van der Waals surface area contributed by atoms with Gasteiger partial charge >= 0.3 is 5.97 Å². The zero-order chi connectivity index (χ0) is 46.6. The van der Waals surface area contributed by atoms with E-state index in [0.29, 0.717) is 61.3 Å². The highest BCUT2D eigenvalue weighted by atomic mass is 35.5. The van der Waals surface area contributed by atoms with Crippen molar-refractivity contribution in [1.82, 2.24) is 29.7 Å². The summed E-state index contributed by atoms with van der Waals surface area (Å²) in [7, 11) is 3.64. The topological polar surface area (TPSA) is 130 Å². The minimum Gasteiger partial charge on any atom is -0.496 e. The molecule has 0 radical (unpaired) electrons. The molecule has 3 aliphatic rings. The molecule has 0 aliphatic carbocycles. The zero-order valence-electron chi connectivity index (χ0n) is 37.2. The summed E-state index contributed by atoms with van der Waals surface area (Å²) >= 11 is 8.62. The van der Waals surface area contributed by atoms with Gasteiger partial charge in [-0.15, -0.1) is 11.3 Å². The van der Waals surface area contributed by atoms with Gasteiger partial charge < -0.3 is 33.3 Å². The fourth-order valence-electron chi connectivity index (χ4n) is 8.18. The summed E-state index contributed by atoms with van der Waals surface area (Å²) in [6, 6.07) is 23.5. The number of carbonyl (C=O) groups excluding carboxylic acids is 1. The SMILES string of the molecule is CCOC(=O)[C@H]1Cc2cc(ccc2OC(F)c2ccnc(-c3ccccc3OC)n2)OC[C@@H](CN2CCN(C)CC2)Oc2ccc(c(C)c2Cl)-c2c(-c3ccc(F)cc3)sc3ncnc(c23)O1. The molecule has 0 N–H and O–H groups in total. The molecule has 3 aromatic heterocycles. The van der Waals surface area contributed by atoms with Gasteiger partial charge in [-0.1, -0.05) is 41.9 Å². The fourth-order valence-corrected chi connectivity index (χ4v) is 9.55. The third-order valence-corrected chi connectivity index (χ3v) is 13.3. The van der Waals surface area contributed by atoms with Crippen molar-refractivity contribution in [2.45, 2.75) is 38.8 Å². The van der Waals surface area contributed by atoms with Gasteiger partial charge in [0.25, 0.3) is 6.36 Å². The highest BCUT2D eigenvalue weighted by molar-refractivity contribution is 7.22. The predicted molar refractivity (Wildman–Crippen MR) is 252 cm³/mol. The lowest BCUT2D eigenvalue weighted by atomic mass is 9.96. The number of fused-ring (bicyclic) bond motifs is 7. The third-order valence-electron chi connectivity index (χ3n) is 11.7.